The van der Waals surface area contributed by atoms with Crippen molar-refractivity contribution in [2.75, 3.05) is 6.61 Å². The number of rotatable bonds is 6. The number of aromatic nitrogens is 2. The predicted octanol–water partition coefficient (Wildman–Crippen LogP) is 3.87. The Hall–Kier alpha value is -1.88. The number of carbonyl (C=O) groups excluding carboxylic acids is 1. The molecule has 0 amide bonds. The van der Waals surface area contributed by atoms with Gasteiger partial charge in [-0.15, -0.1) is 0 Å². The highest BCUT2D eigenvalue weighted by Gasteiger charge is 2.06. The van der Waals surface area contributed by atoms with Crippen LogP contribution in [0.25, 0.3) is 6.08 Å². The first-order chi connectivity index (χ1) is 10.1. The van der Waals surface area contributed by atoms with Crippen LogP contribution in [-0.4, -0.2) is 22.2 Å². The van der Waals surface area contributed by atoms with Gasteiger partial charge >= 0.3 is 0 Å². The molecule has 0 N–H and O–H groups in total. The van der Waals surface area contributed by atoms with Gasteiger partial charge in [-0.2, -0.15) is 5.10 Å². The first kappa shape index (κ1) is 15.5. The van der Waals surface area contributed by atoms with Crippen molar-refractivity contribution in [3.05, 3.63) is 52.3 Å². The summed E-state index contributed by atoms with van der Waals surface area (Å²) in [6.45, 7) is 2.70. The Labute approximate surface area is 132 Å². The van der Waals surface area contributed by atoms with Crippen LogP contribution in [0.15, 0.2) is 41.0 Å². The Bertz CT molecular complexity index is 662. The molecule has 0 aliphatic rings. The molecule has 21 heavy (non-hydrogen) atoms. The number of nitrogens with zero attached hydrogens (tertiary/aromatic N) is 2. The lowest BCUT2D eigenvalue weighted by atomic mass is 10.1. The molecule has 0 spiro atoms. The molecule has 4 nitrogen and oxygen atoms in total. The molecule has 0 atom stereocenters. The van der Waals surface area contributed by atoms with Crippen LogP contribution in [0.5, 0.6) is 5.75 Å². The van der Waals surface area contributed by atoms with Crippen molar-refractivity contribution in [2.24, 2.45) is 7.05 Å². The van der Waals surface area contributed by atoms with Gasteiger partial charge in [0.05, 0.1) is 6.61 Å². The Morgan fingerprint density at radius 3 is 2.90 bits per heavy atom. The fourth-order valence-electron chi connectivity index (χ4n) is 1.79. The number of allylic oxidation sites excluding steroid dienone is 1. The number of hydrogen-bond donors (Lipinski definition) is 0. The lowest BCUT2D eigenvalue weighted by Crippen LogP contribution is -1.99. The smallest absolute Gasteiger partial charge is 0.206 e. The Morgan fingerprint density at radius 1 is 1.43 bits per heavy atom. The van der Waals surface area contributed by atoms with Crippen LogP contribution >= 0.6 is 15.9 Å². The lowest BCUT2D eigenvalue weighted by Gasteiger charge is -2.08. The van der Waals surface area contributed by atoms with Crippen molar-refractivity contribution in [2.45, 2.75) is 13.3 Å². The van der Waals surface area contributed by atoms with Crippen LogP contribution in [0.3, 0.4) is 0 Å². The van der Waals surface area contributed by atoms with Crippen molar-refractivity contribution in [3.63, 3.8) is 0 Å². The molecule has 0 fully saturated rings. The molecule has 1 aromatic carbocycles. The zero-order valence-corrected chi connectivity index (χ0v) is 13.6. The van der Waals surface area contributed by atoms with E-state index < -0.39 is 0 Å². The molecule has 0 aliphatic heterocycles. The summed E-state index contributed by atoms with van der Waals surface area (Å²) in [5.74, 6) is 0.641. The maximum absolute atomic E-state index is 12.0. The Kier molecular flexibility index (Phi) is 5.33. The van der Waals surface area contributed by atoms with E-state index >= 15 is 0 Å². The van der Waals surface area contributed by atoms with Gasteiger partial charge in [-0.3, -0.25) is 9.48 Å². The molecule has 2 rings (SSSR count). The molecule has 1 heterocycles. The van der Waals surface area contributed by atoms with Crippen molar-refractivity contribution in [1.82, 2.24) is 9.78 Å². The highest BCUT2D eigenvalue weighted by molar-refractivity contribution is 9.10. The van der Waals surface area contributed by atoms with Crippen LogP contribution in [0, 0.1) is 0 Å². The number of hydrogen-bond acceptors (Lipinski definition) is 3. The van der Waals surface area contributed by atoms with E-state index in [1.165, 1.54) is 6.08 Å². The number of halogens is 1. The second-order valence-electron chi connectivity index (χ2n) is 4.60. The molecule has 0 aliphatic carbocycles. The normalized spacial score (nSPS) is 11.0. The van der Waals surface area contributed by atoms with E-state index in [-0.39, 0.29) is 5.78 Å². The van der Waals surface area contributed by atoms with Crippen LogP contribution in [0.1, 0.15) is 29.4 Å². The largest absolute Gasteiger partial charge is 0.493 e. The van der Waals surface area contributed by atoms with Gasteiger partial charge in [0.2, 0.25) is 5.78 Å². The topological polar surface area (TPSA) is 44.1 Å². The minimum atomic E-state index is -0.128. The third kappa shape index (κ3) is 4.29. The average Bonchev–Trinajstić information content (AvgIpc) is 2.90. The number of carbonyl (C=O) groups is 1. The molecular weight excluding hydrogens is 332 g/mol. The number of aryl methyl sites for hydroxylation is 1. The van der Waals surface area contributed by atoms with Gasteiger partial charge in [-0.25, -0.2) is 0 Å². The van der Waals surface area contributed by atoms with Crippen LogP contribution < -0.4 is 4.74 Å². The van der Waals surface area contributed by atoms with Gasteiger partial charge in [0, 0.05) is 23.3 Å². The van der Waals surface area contributed by atoms with Crippen molar-refractivity contribution in [3.8, 4) is 5.75 Å². The minimum absolute atomic E-state index is 0.128. The molecule has 2 aromatic rings. The number of benzene rings is 1. The first-order valence-electron chi connectivity index (χ1n) is 6.74. The molecule has 0 saturated heterocycles. The van der Waals surface area contributed by atoms with Gasteiger partial charge < -0.3 is 4.74 Å². The van der Waals surface area contributed by atoms with Gasteiger partial charge in [0.15, 0.2) is 0 Å². The van der Waals surface area contributed by atoms with E-state index in [4.69, 9.17) is 4.74 Å². The second kappa shape index (κ2) is 7.22. The summed E-state index contributed by atoms with van der Waals surface area (Å²) in [6, 6.07) is 7.43. The van der Waals surface area contributed by atoms with E-state index in [1.54, 1.807) is 30.1 Å². The summed E-state index contributed by atoms with van der Waals surface area (Å²) in [7, 11) is 1.78. The fraction of sp³-hybridized carbons (Fsp3) is 0.250. The van der Waals surface area contributed by atoms with Gasteiger partial charge in [-0.05, 0) is 42.8 Å². The lowest BCUT2D eigenvalue weighted by molar-refractivity contribution is 0.104. The average molecular weight is 349 g/mol. The summed E-state index contributed by atoms with van der Waals surface area (Å²) >= 11 is 3.43. The van der Waals surface area contributed by atoms with Gasteiger partial charge in [0.25, 0.3) is 0 Å². The first-order valence-corrected chi connectivity index (χ1v) is 7.54. The quantitative estimate of drug-likeness (QED) is 0.587. The maximum atomic E-state index is 12.0. The van der Waals surface area contributed by atoms with Gasteiger partial charge in [-0.1, -0.05) is 22.9 Å². The van der Waals surface area contributed by atoms with E-state index in [0.29, 0.717) is 12.3 Å². The fourth-order valence-corrected chi connectivity index (χ4v) is 2.17. The number of ketones is 1. The van der Waals surface area contributed by atoms with E-state index in [9.17, 15) is 4.79 Å². The minimum Gasteiger partial charge on any atom is -0.493 e. The predicted molar refractivity (Wildman–Crippen MR) is 86.5 cm³/mol. The van der Waals surface area contributed by atoms with E-state index in [1.807, 2.05) is 18.2 Å². The molecule has 5 heteroatoms. The second-order valence-corrected chi connectivity index (χ2v) is 5.52. The Balaban J connectivity index is 2.19. The van der Waals surface area contributed by atoms with Crippen LogP contribution in [-0.2, 0) is 7.05 Å². The van der Waals surface area contributed by atoms with Crippen molar-refractivity contribution >= 4 is 27.8 Å². The molecule has 110 valence electrons. The SMILES string of the molecule is CCCOc1ccc(Br)cc1/C=C/C(=O)c1ccn(C)n1. The number of ether oxygens (including phenoxy) is 1. The summed E-state index contributed by atoms with van der Waals surface area (Å²) in [5.41, 5.74) is 1.29. The third-order valence-corrected chi connectivity index (χ3v) is 3.31. The van der Waals surface area contributed by atoms with E-state index in [0.717, 1.165) is 22.2 Å². The molecule has 0 saturated carbocycles. The molecule has 0 radical (unpaired) electrons. The molecule has 1 aromatic heterocycles. The monoisotopic (exact) mass is 348 g/mol. The molecule has 0 bridgehead atoms. The van der Waals surface area contributed by atoms with Crippen molar-refractivity contribution < 1.29 is 9.53 Å². The van der Waals surface area contributed by atoms with E-state index in [2.05, 4.69) is 28.0 Å². The zero-order chi connectivity index (χ0) is 15.2. The highest BCUT2D eigenvalue weighted by atomic mass is 79.9. The standard InChI is InChI=1S/C16H17BrN2O2/c1-3-10-21-16-7-5-13(17)11-12(16)4-6-15(20)14-8-9-19(2)18-14/h4-9,11H,3,10H2,1-2H3/b6-4+. The summed E-state index contributed by atoms with van der Waals surface area (Å²) in [4.78, 5) is 12.0. The maximum Gasteiger partial charge on any atom is 0.206 e. The summed E-state index contributed by atoms with van der Waals surface area (Å²) in [5, 5.41) is 4.09. The zero-order valence-electron chi connectivity index (χ0n) is 12.0. The highest BCUT2D eigenvalue weighted by Crippen LogP contribution is 2.24. The summed E-state index contributed by atoms with van der Waals surface area (Å²) < 4.78 is 8.23. The third-order valence-electron chi connectivity index (χ3n) is 2.81. The molecular formula is C16H17BrN2O2. The summed E-state index contributed by atoms with van der Waals surface area (Å²) in [6.07, 6.45) is 5.96. The van der Waals surface area contributed by atoms with Crippen LogP contribution in [0.2, 0.25) is 0 Å². The van der Waals surface area contributed by atoms with Gasteiger partial charge in [0.1, 0.15) is 11.4 Å². The van der Waals surface area contributed by atoms with Crippen LogP contribution in [0.4, 0.5) is 0 Å². The Morgan fingerprint density at radius 2 is 2.24 bits per heavy atom. The van der Waals surface area contributed by atoms with Crippen molar-refractivity contribution in [1.29, 1.82) is 0 Å². The molecule has 0 unspecified atom stereocenters.